The number of ether oxygens (including phenoxy) is 2. The number of ketones is 1. The van der Waals surface area contributed by atoms with Gasteiger partial charge in [0.05, 0.1) is 5.92 Å². The van der Waals surface area contributed by atoms with E-state index in [-0.39, 0.29) is 41.3 Å². The minimum absolute atomic E-state index is 0.0809. The first-order valence-corrected chi connectivity index (χ1v) is 11.5. The van der Waals surface area contributed by atoms with E-state index in [1.165, 1.54) is 6.08 Å². The van der Waals surface area contributed by atoms with Crippen molar-refractivity contribution in [3.63, 3.8) is 0 Å². The van der Waals surface area contributed by atoms with Crippen LogP contribution >= 0.6 is 0 Å². The summed E-state index contributed by atoms with van der Waals surface area (Å²) in [6.45, 7) is 17.9. The van der Waals surface area contributed by atoms with E-state index in [1.54, 1.807) is 6.92 Å². The first-order valence-electron chi connectivity index (χ1n) is 11.5. The smallest absolute Gasteiger partial charge is 0.331 e. The number of hydrogen-bond acceptors (Lipinski definition) is 5. The average molecular weight is 431 g/mol. The Morgan fingerprint density at radius 3 is 2.32 bits per heavy atom. The van der Waals surface area contributed by atoms with E-state index in [2.05, 4.69) is 20.4 Å². The molecule has 0 aliphatic heterocycles. The summed E-state index contributed by atoms with van der Waals surface area (Å²) in [6, 6.07) is 0. The Labute approximate surface area is 186 Å². The first kappa shape index (κ1) is 25.1. The number of hydrogen-bond donors (Lipinski definition) is 0. The van der Waals surface area contributed by atoms with Gasteiger partial charge in [-0.25, -0.2) is 4.79 Å². The van der Waals surface area contributed by atoms with E-state index >= 15 is 0 Å². The molecule has 0 saturated heterocycles. The zero-order valence-electron chi connectivity index (χ0n) is 20.1. The zero-order chi connectivity index (χ0) is 23.5. The van der Waals surface area contributed by atoms with Crippen LogP contribution in [0.5, 0.6) is 0 Å². The van der Waals surface area contributed by atoms with Crippen LogP contribution < -0.4 is 0 Å². The maximum absolute atomic E-state index is 13.3. The highest BCUT2D eigenvalue weighted by Gasteiger charge is 2.57. The fraction of sp³-hybridized carbons (Fsp3) is 0.654. The molecule has 2 aliphatic carbocycles. The molecule has 6 atom stereocenters. The highest BCUT2D eigenvalue weighted by molar-refractivity contribution is 6.03. The number of fused-ring (bicyclic) bond motifs is 1. The van der Waals surface area contributed by atoms with Crippen molar-refractivity contribution >= 4 is 17.7 Å². The third-order valence-electron chi connectivity index (χ3n) is 7.01. The van der Waals surface area contributed by atoms with Crippen LogP contribution in [0.4, 0.5) is 0 Å². The van der Waals surface area contributed by atoms with E-state index in [1.807, 2.05) is 33.8 Å². The highest BCUT2D eigenvalue weighted by atomic mass is 16.6. The fourth-order valence-corrected chi connectivity index (χ4v) is 4.71. The predicted molar refractivity (Wildman–Crippen MR) is 121 cm³/mol. The van der Waals surface area contributed by atoms with E-state index in [0.29, 0.717) is 24.0 Å². The van der Waals surface area contributed by atoms with Gasteiger partial charge in [-0.05, 0) is 56.1 Å². The summed E-state index contributed by atoms with van der Waals surface area (Å²) in [4.78, 5) is 38.3. The number of Topliss-reactive ketones (excluding diaryl/α,β-unsaturated/α-hetero) is 1. The van der Waals surface area contributed by atoms with Gasteiger partial charge in [0.1, 0.15) is 6.10 Å². The molecule has 0 spiro atoms. The Kier molecular flexibility index (Phi) is 8.44. The lowest BCUT2D eigenvalue weighted by Gasteiger charge is -2.42. The van der Waals surface area contributed by atoms with E-state index < -0.39 is 18.2 Å². The highest BCUT2D eigenvalue weighted by Crippen LogP contribution is 2.53. The fourth-order valence-electron chi connectivity index (χ4n) is 4.71. The topological polar surface area (TPSA) is 69.7 Å². The van der Waals surface area contributed by atoms with Crippen LogP contribution in [0.15, 0.2) is 35.5 Å². The van der Waals surface area contributed by atoms with Crippen LogP contribution in [-0.4, -0.2) is 29.9 Å². The van der Waals surface area contributed by atoms with E-state index in [4.69, 9.17) is 9.47 Å². The molecule has 2 fully saturated rings. The van der Waals surface area contributed by atoms with Gasteiger partial charge in [0.2, 0.25) is 0 Å². The largest absolute Gasteiger partial charge is 0.455 e. The lowest BCUT2D eigenvalue weighted by molar-refractivity contribution is -0.160. The van der Waals surface area contributed by atoms with Gasteiger partial charge in [-0.1, -0.05) is 52.8 Å². The maximum Gasteiger partial charge on any atom is 0.331 e. The maximum atomic E-state index is 13.3. The third kappa shape index (κ3) is 5.19. The summed E-state index contributed by atoms with van der Waals surface area (Å²) in [5.41, 5.74) is 2.32. The molecule has 3 unspecified atom stereocenters. The molecule has 2 aliphatic rings. The molecule has 2 saturated carbocycles. The molecule has 0 N–H and O–H groups in total. The Morgan fingerprint density at radius 1 is 1.16 bits per heavy atom. The molecule has 5 nitrogen and oxygen atoms in total. The van der Waals surface area contributed by atoms with Crippen molar-refractivity contribution in [2.24, 2.45) is 29.6 Å². The van der Waals surface area contributed by atoms with Gasteiger partial charge in [0.25, 0.3) is 0 Å². The molecule has 31 heavy (non-hydrogen) atoms. The molecule has 2 rings (SSSR count). The Balaban J connectivity index is 2.41. The van der Waals surface area contributed by atoms with Crippen molar-refractivity contribution in [3.05, 3.63) is 35.5 Å². The normalized spacial score (nSPS) is 31.0. The minimum Gasteiger partial charge on any atom is -0.455 e. The third-order valence-corrected chi connectivity index (χ3v) is 7.01. The van der Waals surface area contributed by atoms with Crippen molar-refractivity contribution in [3.8, 4) is 0 Å². The molecule has 172 valence electrons. The molecule has 0 radical (unpaired) electrons. The molecule has 0 heterocycles. The number of carbonyl (C=O) groups is 3. The van der Waals surface area contributed by atoms with Crippen molar-refractivity contribution in [1.29, 1.82) is 0 Å². The lowest BCUT2D eigenvalue weighted by Crippen LogP contribution is -2.43. The number of allylic oxidation sites excluding steroid dienone is 2. The van der Waals surface area contributed by atoms with Gasteiger partial charge in [-0.2, -0.15) is 0 Å². The lowest BCUT2D eigenvalue weighted by atomic mass is 9.65. The summed E-state index contributed by atoms with van der Waals surface area (Å²) in [5, 5.41) is 0. The molecule has 5 heteroatoms. The first-order chi connectivity index (χ1) is 14.6. The van der Waals surface area contributed by atoms with E-state index in [9.17, 15) is 14.4 Å². The molecule has 0 bridgehead atoms. The van der Waals surface area contributed by atoms with Crippen LogP contribution in [0.1, 0.15) is 67.7 Å². The van der Waals surface area contributed by atoms with Crippen molar-refractivity contribution in [1.82, 2.24) is 0 Å². The Morgan fingerprint density at radius 2 is 1.81 bits per heavy atom. The van der Waals surface area contributed by atoms with Crippen LogP contribution in [0, 0.1) is 29.6 Å². The monoisotopic (exact) mass is 430 g/mol. The zero-order valence-corrected chi connectivity index (χ0v) is 20.1. The minimum atomic E-state index is -0.902. The summed E-state index contributed by atoms with van der Waals surface area (Å²) >= 11 is 0. The van der Waals surface area contributed by atoms with Gasteiger partial charge in [0.15, 0.2) is 11.9 Å². The van der Waals surface area contributed by atoms with Crippen LogP contribution in [0.3, 0.4) is 0 Å². The van der Waals surface area contributed by atoms with Crippen LogP contribution in [0.2, 0.25) is 0 Å². The average Bonchev–Trinajstić information content (AvgIpc) is 3.00. The number of rotatable bonds is 7. The van der Waals surface area contributed by atoms with Crippen molar-refractivity contribution < 1.29 is 23.9 Å². The van der Waals surface area contributed by atoms with Crippen molar-refractivity contribution in [2.45, 2.75) is 79.9 Å². The summed E-state index contributed by atoms with van der Waals surface area (Å²) < 4.78 is 11.6. The molecule has 0 aromatic carbocycles. The van der Waals surface area contributed by atoms with Crippen LogP contribution in [-0.2, 0) is 23.9 Å². The summed E-state index contributed by atoms with van der Waals surface area (Å²) in [5.74, 6) is -1.26. The molecule has 0 aromatic rings. The van der Waals surface area contributed by atoms with Crippen molar-refractivity contribution in [2.75, 3.05) is 0 Å². The van der Waals surface area contributed by atoms with Gasteiger partial charge in [0, 0.05) is 17.9 Å². The number of esters is 2. The predicted octanol–water partition coefficient (Wildman–Crippen LogP) is 5.21. The molecular weight excluding hydrogens is 392 g/mol. The van der Waals surface area contributed by atoms with Gasteiger partial charge < -0.3 is 9.47 Å². The summed E-state index contributed by atoms with van der Waals surface area (Å²) in [7, 11) is 0. The van der Waals surface area contributed by atoms with Gasteiger partial charge >= 0.3 is 11.9 Å². The SMILES string of the molecule is C=C1C2C(/C(=C\C)C(=O)[C@H]2OC(=O)C(C)CC)[C@H](C(C)C)C[C@H]1OC(=O)/C=C(\C)CC. The summed E-state index contributed by atoms with van der Waals surface area (Å²) in [6.07, 6.45) is 3.98. The molecular formula is C26H38O5. The molecule has 0 aromatic heterocycles. The number of carbonyl (C=O) groups excluding carboxylic acids is 3. The second kappa shape index (κ2) is 10.4. The second-order valence-electron chi connectivity index (χ2n) is 9.31. The molecule has 0 amide bonds. The quantitative estimate of drug-likeness (QED) is 0.315. The Bertz CT molecular complexity index is 788. The second-order valence-corrected chi connectivity index (χ2v) is 9.31. The standard InChI is InChI=1S/C26H38O5/c1-9-15(6)12-21(27)30-20-13-19(14(4)5)23-18(11-3)24(28)25(22(23)17(20)8)31-26(29)16(7)10-2/h11-12,14,16,19-20,22-23,25H,8-10,13H2,1-7H3/b15-12+,18-11+/t16?,19-,20+,22?,23?,25-/m0/s1. The van der Waals surface area contributed by atoms with Gasteiger partial charge in [-0.3, -0.25) is 9.59 Å². The van der Waals surface area contributed by atoms with Gasteiger partial charge in [-0.15, -0.1) is 0 Å². The van der Waals surface area contributed by atoms with E-state index in [0.717, 1.165) is 12.0 Å². The van der Waals surface area contributed by atoms with Crippen LogP contribution in [0.25, 0.3) is 0 Å². The Hall–Kier alpha value is -2.17.